The number of nitrogens with zero attached hydrogens (tertiary/aromatic N) is 4. The van der Waals surface area contributed by atoms with Crippen molar-refractivity contribution in [3.05, 3.63) is 74.9 Å². The molecule has 0 saturated heterocycles. The first-order valence-electron chi connectivity index (χ1n) is 11.1. The second-order valence-electron chi connectivity index (χ2n) is 7.75. The Morgan fingerprint density at radius 2 is 1.83 bits per heavy atom. The fourth-order valence-electron chi connectivity index (χ4n) is 3.47. The number of aromatic amines is 1. The Balaban J connectivity index is 1.15. The van der Waals surface area contributed by atoms with Gasteiger partial charge in [0.1, 0.15) is 0 Å². The molecule has 0 bridgehead atoms. The standard InChI is InChI=1S/C23H23N7O5/c31-19(24-13-4-14-25-22-17-5-1-2-6-18(17)23(32)28-27-22)7-3-8-20-26-21(29-35-20)15-9-11-16(12-10-15)30(33)34/h1-2,5-6,9-12H,3-4,7-8,13-14H2,(H,24,31)(H,25,27)(H,28,32). The van der Waals surface area contributed by atoms with E-state index in [4.69, 9.17) is 4.52 Å². The van der Waals surface area contributed by atoms with Crippen molar-refractivity contribution in [2.45, 2.75) is 25.7 Å². The van der Waals surface area contributed by atoms with E-state index in [0.29, 0.717) is 67.3 Å². The number of aryl methyl sites for hydroxylation is 1. The van der Waals surface area contributed by atoms with Crippen LogP contribution in [0, 0.1) is 10.1 Å². The Labute approximate surface area is 198 Å². The summed E-state index contributed by atoms with van der Waals surface area (Å²) in [5.74, 6) is 1.26. The number of fused-ring (bicyclic) bond motifs is 1. The van der Waals surface area contributed by atoms with Gasteiger partial charge in [-0.05, 0) is 31.0 Å². The van der Waals surface area contributed by atoms with E-state index in [1.807, 2.05) is 12.1 Å². The van der Waals surface area contributed by atoms with E-state index in [9.17, 15) is 19.7 Å². The number of hydrogen-bond donors (Lipinski definition) is 3. The third kappa shape index (κ3) is 6.05. The molecule has 0 aliphatic heterocycles. The van der Waals surface area contributed by atoms with Crippen LogP contribution in [-0.2, 0) is 11.2 Å². The zero-order chi connectivity index (χ0) is 24.6. The molecule has 35 heavy (non-hydrogen) atoms. The van der Waals surface area contributed by atoms with Gasteiger partial charge in [0.15, 0.2) is 5.82 Å². The van der Waals surface area contributed by atoms with Gasteiger partial charge >= 0.3 is 0 Å². The minimum Gasteiger partial charge on any atom is -0.368 e. The van der Waals surface area contributed by atoms with Gasteiger partial charge in [-0.1, -0.05) is 23.4 Å². The molecular weight excluding hydrogens is 454 g/mol. The van der Waals surface area contributed by atoms with E-state index in [1.54, 1.807) is 24.3 Å². The number of carbonyl (C=O) groups excluding carboxylic acids is 1. The number of carbonyl (C=O) groups is 1. The van der Waals surface area contributed by atoms with Crippen LogP contribution in [0.4, 0.5) is 11.5 Å². The molecule has 2 aromatic carbocycles. The van der Waals surface area contributed by atoms with Gasteiger partial charge in [0.05, 0.1) is 10.3 Å². The number of aromatic nitrogens is 4. The summed E-state index contributed by atoms with van der Waals surface area (Å²) in [6, 6.07) is 13.1. The summed E-state index contributed by atoms with van der Waals surface area (Å²) in [6.45, 7) is 1.08. The summed E-state index contributed by atoms with van der Waals surface area (Å²) >= 11 is 0. The van der Waals surface area contributed by atoms with Gasteiger partial charge in [-0.15, -0.1) is 0 Å². The molecule has 0 spiro atoms. The van der Waals surface area contributed by atoms with Crippen LogP contribution in [0.1, 0.15) is 25.2 Å². The van der Waals surface area contributed by atoms with Gasteiger partial charge in [0.2, 0.25) is 17.6 Å². The quantitative estimate of drug-likeness (QED) is 0.167. The van der Waals surface area contributed by atoms with E-state index in [2.05, 4.69) is 31.0 Å². The lowest BCUT2D eigenvalue weighted by atomic mass is 10.2. The van der Waals surface area contributed by atoms with E-state index >= 15 is 0 Å². The molecule has 0 saturated carbocycles. The average Bonchev–Trinajstić information content (AvgIpc) is 3.34. The molecule has 2 heterocycles. The summed E-state index contributed by atoms with van der Waals surface area (Å²) < 4.78 is 5.21. The summed E-state index contributed by atoms with van der Waals surface area (Å²) in [6.07, 6.45) is 1.98. The molecule has 2 aromatic heterocycles. The van der Waals surface area contributed by atoms with Gasteiger partial charge in [-0.2, -0.15) is 10.1 Å². The maximum absolute atomic E-state index is 12.1. The highest BCUT2D eigenvalue weighted by Gasteiger charge is 2.12. The van der Waals surface area contributed by atoms with Crippen molar-refractivity contribution in [1.82, 2.24) is 25.7 Å². The summed E-state index contributed by atoms with van der Waals surface area (Å²) in [5, 5.41) is 28.5. The Morgan fingerprint density at radius 3 is 2.60 bits per heavy atom. The van der Waals surface area contributed by atoms with Gasteiger partial charge in [0.25, 0.3) is 11.2 Å². The topological polar surface area (TPSA) is 169 Å². The maximum Gasteiger partial charge on any atom is 0.272 e. The monoisotopic (exact) mass is 477 g/mol. The van der Waals surface area contributed by atoms with Crippen molar-refractivity contribution in [1.29, 1.82) is 0 Å². The van der Waals surface area contributed by atoms with Crippen molar-refractivity contribution in [2.75, 3.05) is 18.4 Å². The smallest absolute Gasteiger partial charge is 0.272 e. The van der Waals surface area contributed by atoms with Gasteiger partial charge in [0, 0.05) is 49.0 Å². The van der Waals surface area contributed by atoms with E-state index < -0.39 is 4.92 Å². The van der Waals surface area contributed by atoms with Gasteiger partial charge < -0.3 is 15.2 Å². The normalized spacial score (nSPS) is 10.9. The fraction of sp³-hybridized carbons (Fsp3) is 0.261. The number of hydrogen-bond acceptors (Lipinski definition) is 9. The lowest BCUT2D eigenvalue weighted by molar-refractivity contribution is -0.384. The molecule has 0 unspecified atom stereocenters. The van der Waals surface area contributed by atoms with Crippen LogP contribution >= 0.6 is 0 Å². The Kier molecular flexibility index (Phi) is 7.40. The molecule has 12 heteroatoms. The molecule has 12 nitrogen and oxygen atoms in total. The lowest BCUT2D eigenvalue weighted by Gasteiger charge is -2.08. The lowest BCUT2D eigenvalue weighted by Crippen LogP contribution is -2.25. The Bertz CT molecular complexity index is 1380. The Hall–Kier alpha value is -4.61. The van der Waals surface area contributed by atoms with Crippen LogP contribution in [0.5, 0.6) is 0 Å². The van der Waals surface area contributed by atoms with Crippen molar-refractivity contribution < 1.29 is 14.2 Å². The summed E-state index contributed by atoms with van der Waals surface area (Å²) in [4.78, 5) is 38.5. The van der Waals surface area contributed by atoms with E-state index in [0.717, 1.165) is 5.39 Å². The van der Waals surface area contributed by atoms with Crippen LogP contribution in [0.2, 0.25) is 0 Å². The molecule has 1 amide bonds. The molecule has 4 rings (SSSR count). The number of nitro groups is 1. The van der Waals surface area contributed by atoms with Crippen LogP contribution < -0.4 is 16.2 Å². The number of amides is 1. The first-order valence-corrected chi connectivity index (χ1v) is 11.1. The number of H-pyrrole nitrogens is 1. The minimum absolute atomic E-state index is 0.0131. The molecule has 0 aliphatic rings. The number of nitrogens with one attached hydrogen (secondary N) is 3. The van der Waals surface area contributed by atoms with Crippen LogP contribution in [0.25, 0.3) is 22.2 Å². The first-order chi connectivity index (χ1) is 17.0. The SMILES string of the molecule is O=C(CCCc1nc(-c2ccc([N+](=O)[O-])cc2)no1)NCCCNc1n[nH]c(=O)c2ccccc12. The molecule has 0 fully saturated rings. The summed E-state index contributed by atoms with van der Waals surface area (Å²) in [5.41, 5.74) is 0.365. The van der Waals surface area contributed by atoms with Gasteiger partial charge in [-0.3, -0.25) is 19.7 Å². The van der Waals surface area contributed by atoms with E-state index in [1.165, 1.54) is 12.1 Å². The third-order valence-corrected chi connectivity index (χ3v) is 5.26. The maximum atomic E-state index is 12.1. The average molecular weight is 477 g/mol. The van der Waals surface area contributed by atoms with Crippen LogP contribution in [0.3, 0.4) is 0 Å². The predicted octanol–water partition coefficient (Wildman–Crippen LogP) is 2.82. The molecule has 0 atom stereocenters. The van der Waals surface area contributed by atoms with Gasteiger partial charge in [-0.25, -0.2) is 5.10 Å². The number of non-ortho nitro benzene ring substituents is 1. The highest BCUT2D eigenvalue weighted by atomic mass is 16.6. The van der Waals surface area contributed by atoms with Crippen molar-refractivity contribution in [3.8, 4) is 11.4 Å². The number of anilines is 1. The fourth-order valence-corrected chi connectivity index (χ4v) is 3.47. The third-order valence-electron chi connectivity index (χ3n) is 5.26. The van der Waals surface area contributed by atoms with Crippen molar-refractivity contribution in [3.63, 3.8) is 0 Å². The largest absolute Gasteiger partial charge is 0.368 e. The van der Waals surface area contributed by atoms with Crippen molar-refractivity contribution in [2.24, 2.45) is 0 Å². The summed E-state index contributed by atoms with van der Waals surface area (Å²) in [7, 11) is 0. The highest BCUT2D eigenvalue weighted by molar-refractivity contribution is 5.90. The zero-order valence-corrected chi connectivity index (χ0v) is 18.7. The number of benzene rings is 2. The highest BCUT2D eigenvalue weighted by Crippen LogP contribution is 2.20. The predicted molar refractivity (Wildman–Crippen MR) is 128 cm³/mol. The number of rotatable bonds is 11. The molecule has 0 radical (unpaired) electrons. The zero-order valence-electron chi connectivity index (χ0n) is 18.7. The molecule has 180 valence electrons. The second-order valence-corrected chi connectivity index (χ2v) is 7.75. The van der Waals surface area contributed by atoms with E-state index in [-0.39, 0.29) is 17.2 Å². The first kappa shape index (κ1) is 23.5. The van der Waals surface area contributed by atoms with Crippen molar-refractivity contribution >= 4 is 28.2 Å². The second kappa shape index (κ2) is 11.0. The molecule has 0 aliphatic carbocycles. The molecule has 4 aromatic rings. The molecule has 3 N–H and O–H groups in total. The van der Waals surface area contributed by atoms with Crippen LogP contribution in [-0.4, -0.2) is 44.3 Å². The Morgan fingerprint density at radius 1 is 1.06 bits per heavy atom. The minimum atomic E-state index is -0.474. The number of nitro benzene ring substituents is 1. The van der Waals surface area contributed by atoms with Crippen LogP contribution in [0.15, 0.2) is 57.8 Å². The molecular formula is C23H23N7O5.